The van der Waals surface area contributed by atoms with Gasteiger partial charge in [0.1, 0.15) is 11.6 Å². The normalized spacial score (nSPS) is 13.8. The van der Waals surface area contributed by atoms with Crippen LogP contribution in [0.1, 0.15) is 39.0 Å². The monoisotopic (exact) mass is 277 g/mol. The Kier molecular flexibility index (Phi) is 5.58. The molecule has 0 radical (unpaired) electrons. The third-order valence-corrected chi connectivity index (χ3v) is 3.02. The van der Waals surface area contributed by atoms with Crippen LogP contribution in [0, 0.1) is 0 Å². The largest absolute Gasteiger partial charge is 0.369 e. The molecule has 1 aliphatic carbocycles. The van der Waals surface area contributed by atoms with Crippen molar-refractivity contribution in [2.45, 2.75) is 45.1 Å². The van der Waals surface area contributed by atoms with Gasteiger partial charge in [-0.05, 0) is 25.7 Å². The first-order chi connectivity index (χ1) is 9.78. The van der Waals surface area contributed by atoms with Gasteiger partial charge in [-0.3, -0.25) is 9.78 Å². The Morgan fingerprint density at radius 2 is 1.95 bits per heavy atom. The van der Waals surface area contributed by atoms with E-state index in [0.717, 1.165) is 50.4 Å². The molecular weight excluding hydrogens is 254 g/mol. The summed E-state index contributed by atoms with van der Waals surface area (Å²) in [6.45, 7) is 3.72. The first kappa shape index (κ1) is 14.6. The van der Waals surface area contributed by atoms with Crippen molar-refractivity contribution in [3.05, 3.63) is 12.4 Å². The summed E-state index contributed by atoms with van der Waals surface area (Å²) in [4.78, 5) is 20.0. The highest BCUT2D eigenvalue weighted by Gasteiger charge is 2.22. The summed E-state index contributed by atoms with van der Waals surface area (Å²) in [6.07, 6.45) is 8.09. The quantitative estimate of drug-likeness (QED) is 0.600. The number of hydrogen-bond donors (Lipinski definition) is 3. The second-order valence-corrected chi connectivity index (χ2v) is 5.09. The zero-order chi connectivity index (χ0) is 14.2. The second-order valence-electron chi connectivity index (χ2n) is 5.09. The smallest absolute Gasteiger partial charge is 0.220 e. The van der Waals surface area contributed by atoms with Crippen LogP contribution in [-0.4, -0.2) is 35.0 Å². The minimum atomic E-state index is 0.152. The maximum atomic E-state index is 11.5. The van der Waals surface area contributed by atoms with Gasteiger partial charge in [-0.15, -0.1) is 0 Å². The number of anilines is 2. The Labute approximate surface area is 119 Å². The topological polar surface area (TPSA) is 78.9 Å². The van der Waals surface area contributed by atoms with E-state index in [1.807, 2.05) is 0 Å². The Bertz CT molecular complexity index is 433. The van der Waals surface area contributed by atoms with Gasteiger partial charge in [0.2, 0.25) is 5.91 Å². The predicted octanol–water partition coefficient (Wildman–Crippen LogP) is 1.77. The Balaban J connectivity index is 1.63. The van der Waals surface area contributed by atoms with Crippen LogP contribution in [0.15, 0.2) is 12.4 Å². The van der Waals surface area contributed by atoms with Crippen LogP contribution in [0.3, 0.4) is 0 Å². The highest BCUT2D eigenvalue weighted by Crippen LogP contribution is 2.18. The van der Waals surface area contributed by atoms with E-state index in [4.69, 9.17) is 0 Å². The lowest BCUT2D eigenvalue weighted by Crippen LogP contribution is -2.25. The molecule has 0 saturated heterocycles. The number of amides is 1. The Hall–Kier alpha value is -1.85. The van der Waals surface area contributed by atoms with E-state index < -0.39 is 0 Å². The van der Waals surface area contributed by atoms with Crippen LogP contribution in [0.2, 0.25) is 0 Å². The fourth-order valence-electron chi connectivity index (χ4n) is 1.78. The van der Waals surface area contributed by atoms with Crippen molar-refractivity contribution in [2.24, 2.45) is 0 Å². The fourth-order valence-corrected chi connectivity index (χ4v) is 1.78. The average molecular weight is 277 g/mol. The molecule has 0 aromatic carbocycles. The van der Waals surface area contributed by atoms with Crippen molar-refractivity contribution >= 4 is 17.5 Å². The molecule has 6 nitrogen and oxygen atoms in total. The zero-order valence-corrected chi connectivity index (χ0v) is 12.0. The number of carbonyl (C=O) groups is 1. The van der Waals surface area contributed by atoms with Gasteiger partial charge in [-0.1, -0.05) is 6.92 Å². The summed E-state index contributed by atoms with van der Waals surface area (Å²) in [5.41, 5.74) is 0. The van der Waals surface area contributed by atoms with E-state index in [0.29, 0.717) is 12.5 Å². The maximum absolute atomic E-state index is 11.5. The number of carbonyl (C=O) groups excluding carboxylic acids is 1. The summed E-state index contributed by atoms with van der Waals surface area (Å²) in [5, 5.41) is 9.37. The molecule has 1 amide bonds. The summed E-state index contributed by atoms with van der Waals surface area (Å²) in [7, 11) is 0. The van der Waals surface area contributed by atoms with Gasteiger partial charge < -0.3 is 16.0 Å². The molecule has 0 spiro atoms. The van der Waals surface area contributed by atoms with Crippen molar-refractivity contribution in [3.63, 3.8) is 0 Å². The van der Waals surface area contributed by atoms with Crippen LogP contribution in [0.4, 0.5) is 11.6 Å². The first-order valence-corrected chi connectivity index (χ1v) is 7.37. The first-order valence-electron chi connectivity index (χ1n) is 7.37. The molecule has 1 heterocycles. The maximum Gasteiger partial charge on any atom is 0.220 e. The molecule has 0 atom stereocenters. The van der Waals surface area contributed by atoms with E-state index in [9.17, 15) is 4.79 Å². The summed E-state index contributed by atoms with van der Waals surface area (Å²) >= 11 is 0. The van der Waals surface area contributed by atoms with Crippen molar-refractivity contribution in [2.75, 3.05) is 23.7 Å². The molecule has 6 heteroatoms. The standard InChI is InChI=1S/C14H23N5O/c1-2-7-16-12-9-15-10-13(19-12)17-8-3-4-14(20)18-11-5-6-11/h9-11H,2-8H2,1H3,(H,18,20)(H2,16,17,19). The Morgan fingerprint density at radius 1 is 1.25 bits per heavy atom. The van der Waals surface area contributed by atoms with Crippen LogP contribution in [0.5, 0.6) is 0 Å². The highest BCUT2D eigenvalue weighted by molar-refractivity contribution is 5.76. The number of nitrogens with one attached hydrogen (secondary N) is 3. The van der Waals surface area contributed by atoms with Gasteiger partial charge in [0.25, 0.3) is 0 Å². The molecule has 0 unspecified atom stereocenters. The lowest BCUT2D eigenvalue weighted by molar-refractivity contribution is -0.121. The molecule has 2 rings (SSSR count). The van der Waals surface area contributed by atoms with Crippen molar-refractivity contribution in [1.29, 1.82) is 0 Å². The third-order valence-electron chi connectivity index (χ3n) is 3.02. The molecule has 3 N–H and O–H groups in total. The van der Waals surface area contributed by atoms with Gasteiger partial charge >= 0.3 is 0 Å². The van der Waals surface area contributed by atoms with E-state index in [1.165, 1.54) is 0 Å². The molecule has 20 heavy (non-hydrogen) atoms. The van der Waals surface area contributed by atoms with E-state index in [1.54, 1.807) is 12.4 Å². The molecule has 1 aromatic rings. The van der Waals surface area contributed by atoms with Gasteiger partial charge in [0, 0.05) is 25.6 Å². The average Bonchev–Trinajstić information content (AvgIpc) is 3.26. The van der Waals surface area contributed by atoms with E-state index in [2.05, 4.69) is 32.8 Å². The minimum absolute atomic E-state index is 0.152. The third kappa shape index (κ3) is 5.42. The van der Waals surface area contributed by atoms with E-state index >= 15 is 0 Å². The molecule has 110 valence electrons. The summed E-state index contributed by atoms with van der Waals surface area (Å²) in [5.74, 6) is 1.68. The molecule has 1 fully saturated rings. The molecular formula is C14H23N5O. The van der Waals surface area contributed by atoms with Crippen LogP contribution in [-0.2, 0) is 4.79 Å². The Morgan fingerprint density at radius 3 is 2.60 bits per heavy atom. The number of hydrogen-bond acceptors (Lipinski definition) is 5. The zero-order valence-electron chi connectivity index (χ0n) is 12.0. The molecule has 0 bridgehead atoms. The van der Waals surface area contributed by atoms with Crippen molar-refractivity contribution in [1.82, 2.24) is 15.3 Å². The van der Waals surface area contributed by atoms with Gasteiger partial charge in [-0.25, -0.2) is 4.98 Å². The second kappa shape index (κ2) is 7.67. The SMILES string of the molecule is CCCNc1cncc(NCCCC(=O)NC2CC2)n1. The molecule has 0 aliphatic heterocycles. The lowest BCUT2D eigenvalue weighted by atomic mass is 10.3. The van der Waals surface area contributed by atoms with Gasteiger partial charge in [-0.2, -0.15) is 0 Å². The summed E-state index contributed by atoms with van der Waals surface area (Å²) in [6, 6.07) is 0.447. The number of rotatable bonds is 9. The summed E-state index contributed by atoms with van der Waals surface area (Å²) < 4.78 is 0. The molecule has 1 aromatic heterocycles. The van der Waals surface area contributed by atoms with Crippen LogP contribution < -0.4 is 16.0 Å². The van der Waals surface area contributed by atoms with Gasteiger partial charge in [0.15, 0.2) is 0 Å². The highest BCUT2D eigenvalue weighted by atomic mass is 16.1. The molecule has 1 aliphatic rings. The van der Waals surface area contributed by atoms with E-state index in [-0.39, 0.29) is 5.91 Å². The molecule has 1 saturated carbocycles. The van der Waals surface area contributed by atoms with Gasteiger partial charge in [0.05, 0.1) is 12.4 Å². The van der Waals surface area contributed by atoms with Crippen LogP contribution >= 0.6 is 0 Å². The van der Waals surface area contributed by atoms with Crippen molar-refractivity contribution < 1.29 is 4.79 Å². The van der Waals surface area contributed by atoms with Crippen molar-refractivity contribution in [3.8, 4) is 0 Å². The number of nitrogens with zero attached hydrogens (tertiary/aromatic N) is 2. The number of aromatic nitrogens is 2. The minimum Gasteiger partial charge on any atom is -0.369 e. The predicted molar refractivity (Wildman–Crippen MR) is 79.7 cm³/mol. The lowest BCUT2D eigenvalue weighted by Gasteiger charge is -2.08. The fraction of sp³-hybridized carbons (Fsp3) is 0.643. The van der Waals surface area contributed by atoms with Crippen LogP contribution in [0.25, 0.3) is 0 Å².